The second-order valence-electron chi connectivity index (χ2n) is 23.1. The Kier molecular flexibility index (Phi) is 56.4. The summed E-state index contributed by atoms with van der Waals surface area (Å²) in [4.78, 5) is 38.3. The minimum atomic E-state index is -0.764. The standard InChI is InChI=1S/C65H126O6/c1-6-8-9-10-11-12-13-14-15-16-17-18-27-32-37-42-47-52-57-65(68)71-62(58-69-63(66)55-50-45-40-35-30-25-21-19-23-28-33-38-43-48-53-60(3)4)59-70-64(67)56-51-46-41-36-31-26-22-20-24-29-34-39-44-49-54-61(5)7-2/h60-62H,6-59H2,1-5H3/t61?,62-/m1/s1. The Morgan fingerprint density at radius 3 is 0.803 bits per heavy atom. The Morgan fingerprint density at radius 2 is 0.535 bits per heavy atom. The molecule has 2 atom stereocenters. The van der Waals surface area contributed by atoms with Crippen LogP contribution in [0.15, 0.2) is 0 Å². The summed E-state index contributed by atoms with van der Waals surface area (Å²) < 4.78 is 17.0. The van der Waals surface area contributed by atoms with Crippen molar-refractivity contribution in [1.82, 2.24) is 0 Å². The number of hydrogen-bond acceptors (Lipinski definition) is 6. The molecule has 6 heteroatoms. The summed E-state index contributed by atoms with van der Waals surface area (Å²) in [5, 5.41) is 0. The molecule has 0 spiro atoms. The lowest BCUT2D eigenvalue weighted by atomic mass is 9.99. The minimum absolute atomic E-state index is 0.0618. The van der Waals surface area contributed by atoms with Crippen LogP contribution in [0.1, 0.15) is 369 Å². The van der Waals surface area contributed by atoms with Gasteiger partial charge < -0.3 is 14.2 Å². The van der Waals surface area contributed by atoms with E-state index in [4.69, 9.17) is 14.2 Å². The van der Waals surface area contributed by atoms with E-state index in [2.05, 4.69) is 34.6 Å². The summed E-state index contributed by atoms with van der Waals surface area (Å²) in [6, 6.07) is 0. The second-order valence-corrected chi connectivity index (χ2v) is 23.1. The zero-order valence-electron chi connectivity index (χ0n) is 48.9. The molecule has 0 radical (unpaired) electrons. The van der Waals surface area contributed by atoms with Gasteiger partial charge in [-0.05, 0) is 31.1 Å². The smallest absolute Gasteiger partial charge is 0.306 e. The van der Waals surface area contributed by atoms with Crippen molar-refractivity contribution in [1.29, 1.82) is 0 Å². The first-order valence-electron chi connectivity index (χ1n) is 32.3. The van der Waals surface area contributed by atoms with E-state index in [0.29, 0.717) is 19.3 Å². The van der Waals surface area contributed by atoms with Crippen molar-refractivity contribution < 1.29 is 28.6 Å². The van der Waals surface area contributed by atoms with Gasteiger partial charge in [0, 0.05) is 19.3 Å². The molecule has 0 heterocycles. The molecule has 422 valence electrons. The molecule has 0 fully saturated rings. The van der Waals surface area contributed by atoms with Crippen LogP contribution in [0.5, 0.6) is 0 Å². The quantitative estimate of drug-likeness (QED) is 0.0343. The maximum Gasteiger partial charge on any atom is 0.306 e. The van der Waals surface area contributed by atoms with Crippen LogP contribution in [0.4, 0.5) is 0 Å². The van der Waals surface area contributed by atoms with E-state index in [9.17, 15) is 14.4 Å². The zero-order valence-corrected chi connectivity index (χ0v) is 48.9. The van der Waals surface area contributed by atoms with E-state index >= 15 is 0 Å². The van der Waals surface area contributed by atoms with Gasteiger partial charge in [-0.15, -0.1) is 0 Å². The predicted octanol–water partition coefficient (Wildman–Crippen LogP) is 21.6. The van der Waals surface area contributed by atoms with E-state index in [0.717, 1.165) is 69.6 Å². The Morgan fingerprint density at radius 1 is 0.296 bits per heavy atom. The molecule has 71 heavy (non-hydrogen) atoms. The van der Waals surface area contributed by atoms with Crippen LogP contribution in [0.3, 0.4) is 0 Å². The van der Waals surface area contributed by atoms with E-state index in [-0.39, 0.29) is 31.1 Å². The van der Waals surface area contributed by atoms with E-state index in [1.54, 1.807) is 0 Å². The first-order chi connectivity index (χ1) is 34.8. The third kappa shape index (κ3) is 57.5. The van der Waals surface area contributed by atoms with Crippen LogP contribution in [0.25, 0.3) is 0 Å². The second kappa shape index (κ2) is 57.7. The van der Waals surface area contributed by atoms with Crippen molar-refractivity contribution in [2.24, 2.45) is 11.8 Å². The lowest BCUT2D eigenvalue weighted by molar-refractivity contribution is -0.167. The van der Waals surface area contributed by atoms with Gasteiger partial charge in [-0.1, -0.05) is 330 Å². The van der Waals surface area contributed by atoms with Crippen LogP contribution < -0.4 is 0 Å². The first kappa shape index (κ1) is 69.4. The zero-order chi connectivity index (χ0) is 51.8. The van der Waals surface area contributed by atoms with E-state index < -0.39 is 6.10 Å². The maximum absolute atomic E-state index is 12.9. The monoisotopic (exact) mass is 1000 g/mol. The third-order valence-corrected chi connectivity index (χ3v) is 15.3. The Bertz CT molecular complexity index is 1090. The minimum Gasteiger partial charge on any atom is -0.462 e. The first-order valence-corrected chi connectivity index (χ1v) is 32.3. The largest absolute Gasteiger partial charge is 0.462 e. The third-order valence-electron chi connectivity index (χ3n) is 15.3. The molecule has 0 N–H and O–H groups in total. The molecule has 0 aliphatic carbocycles. The molecule has 0 aromatic carbocycles. The number of carbonyl (C=O) groups excluding carboxylic acids is 3. The normalized spacial score (nSPS) is 12.4. The fourth-order valence-electron chi connectivity index (χ4n) is 10.1. The van der Waals surface area contributed by atoms with Crippen molar-refractivity contribution in [3.63, 3.8) is 0 Å². The molecular formula is C65H126O6. The average molecular weight is 1000 g/mol. The lowest BCUT2D eigenvalue weighted by Crippen LogP contribution is -2.30. The molecule has 0 aromatic heterocycles. The summed E-state index contributed by atoms with van der Waals surface area (Å²) in [6.45, 7) is 11.5. The SMILES string of the molecule is CCCCCCCCCCCCCCCCCCCCC(=O)O[C@H](COC(=O)CCCCCCCCCCCCCCCCC(C)C)COC(=O)CCCCCCCCCCCCCCCCC(C)CC. The molecule has 6 nitrogen and oxygen atoms in total. The predicted molar refractivity (Wildman–Crippen MR) is 307 cm³/mol. The van der Waals surface area contributed by atoms with E-state index in [1.165, 1.54) is 257 Å². The van der Waals surface area contributed by atoms with Gasteiger partial charge in [0.05, 0.1) is 0 Å². The lowest BCUT2D eigenvalue weighted by Gasteiger charge is -2.18. The summed E-state index contributed by atoms with van der Waals surface area (Å²) >= 11 is 0. The number of esters is 3. The summed E-state index contributed by atoms with van der Waals surface area (Å²) in [7, 11) is 0. The topological polar surface area (TPSA) is 78.9 Å². The molecule has 0 saturated carbocycles. The molecule has 0 saturated heterocycles. The van der Waals surface area contributed by atoms with Gasteiger partial charge in [-0.3, -0.25) is 14.4 Å². The fraction of sp³-hybridized carbons (Fsp3) is 0.954. The van der Waals surface area contributed by atoms with Gasteiger partial charge >= 0.3 is 17.9 Å². The number of hydrogen-bond donors (Lipinski definition) is 0. The Hall–Kier alpha value is -1.59. The van der Waals surface area contributed by atoms with Gasteiger partial charge in [-0.2, -0.15) is 0 Å². The summed E-state index contributed by atoms with van der Waals surface area (Å²) in [5.74, 6) is 0.910. The van der Waals surface area contributed by atoms with Crippen molar-refractivity contribution in [3.8, 4) is 0 Å². The van der Waals surface area contributed by atoms with Crippen molar-refractivity contribution in [3.05, 3.63) is 0 Å². The summed E-state index contributed by atoms with van der Waals surface area (Å²) in [5.41, 5.74) is 0. The van der Waals surface area contributed by atoms with Gasteiger partial charge in [0.15, 0.2) is 6.10 Å². The number of unbranched alkanes of at least 4 members (excludes halogenated alkanes) is 43. The van der Waals surface area contributed by atoms with Crippen molar-refractivity contribution in [2.45, 2.75) is 375 Å². The highest BCUT2D eigenvalue weighted by Gasteiger charge is 2.19. The van der Waals surface area contributed by atoms with Crippen LogP contribution in [-0.2, 0) is 28.6 Å². The fourth-order valence-corrected chi connectivity index (χ4v) is 10.1. The average Bonchev–Trinajstić information content (AvgIpc) is 3.36. The molecule has 0 amide bonds. The Labute approximate surface area is 444 Å². The maximum atomic E-state index is 12.9. The van der Waals surface area contributed by atoms with Gasteiger partial charge in [0.1, 0.15) is 13.2 Å². The molecule has 0 bridgehead atoms. The van der Waals surface area contributed by atoms with Crippen LogP contribution in [0.2, 0.25) is 0 Å². The number of carbonyl (C=O) groups is 3. The highest BCUT2D eigenvalue weighted by molar-refractivity contribution is 5.71. The van der Waals surface area contributed by atoms with E-state index in [1.807, 2.05) is 0 Å². The molecule has 1 unspecified atom stereocenters. The van der Waals surface area contributed by atoms with Gasteiger partial charge in [-0.25, -0.2) is 0 Å². The molecule has 0 aliphatic heterocycles. The van der Waals surface area contributed by atoms with Crippen LogP contribution in [-0.4, -0.2) is 37.2 Å². The van der Waals surface area contributed by atoms with Crippen LogP contribution in [0, 0.1) is 11.8 Å². The van der Waals surface area contributed by atoms with Crippen molar-refractivity contribution in [2.75, 3.05) is 13.2 Å². The number of ether oxygens (including phenoxy) is 3. The number of rotatable bonds is 59. The van der Waals surface area contributed by atoms with Crippen molar-refractivity contribution >= 4 is 17.9 Å². The highest BCUT2D eigenvalue weighted by Crippen LogP contribution is 2.19. The summed E-state index contributed by atoms with van der Waals surface area (Å²) in [6.07, 6.45) is 63.8. The Balaban J connectivity index is 4.30. The molecule has 0 aromatic rings. The molecule has 0 aliphatic rings. The van der Waals surface area contributed by atoms with Gasteiger partial charge in [0.2, 0.25) is 0 Å². The molecule has 0 rings (SSSR count). The van der Waals surface area contributed by atoms with Crippen LogP contribution >= 0.6 is 0 Å². The van der Waals surface area contributed by atoms with Gasteiger partial charge in [0.25, 0.3) is 0 Å². The molecular weight excluding hydrogens is 877 g/mol. The highest BCUT2D eigenvalue weighted by atomic mass is 16.6.